The van der Waals surface area contributed by atoms with Gasteiger partial charge in [-0.15, -0.1) is 0 Å². The molecule has 2 heterocycles. The lowest BCUT2D eigenvalue weighted by Gasteiger charge is -2.32. The van der Waals surface area contributed by atoms with Crippen LogP contribution in [0.2, 0.25) is 0 Å². The van der Waals surface area contributed by atoms with Gasteiger partial charge in [-0.1, -0.05) is 50.6 Å². The zero-order valence-electron chi connectivity index (χ0n) is 14.6. The third-order valence-electron chi connectivity index (χ3n) is 5.04. The van der Waals surface area contributed by atoms with Crippen molar-refractivity contribution in [3.05, 3.63) is 41.6 Å². The molecule has 2 amide bonds. The fraction of sp³-hybridized carbons (Fsp3) is 0.500. The van der Waals surface area contributed by atoms with Crippen molar-refractivity contribution >= 4 is 17.4 Å². The molecule has 2 aliphatic rings. The van der Waals surface area contributed by atoms with E-state index in [0.29, 0.717) is 23.7 Å². The van der Waals surface area contributed by atoms with E-state index in [-0.39, 0.29) is 11.8 Å². The molecule has 0 aliphatic carbocycles. The smallest absolute Gasteiger partial charge is 0.277 e. The van der Waals surface area contributed by atoms with Gasteiger partial charge in [-0.05, 0) is 30.7 Å². The molecular weight excluding hydrogens is 300 g/mol. The average molecular weight is 326 g/mol. The summed E-state index contributed by atoms with van der Waals surface area (Å²) in [6.07, 6.45) is 3.96. The number of amides is 2. The molecule has 0 spiro atoms. The first-order valence-electron chi connectivity index (χ1n) is 9.04. The van der Waals surface area contributed by atoms with Crippen LogP contribution in [0.1, 0.15) is 45.1 Å². The molecule has 0 aromatic heterocycles. The Bertz CT molecular complexity index is 643. The summed E-state index contributed by atoms with van der Waals surface area (Å²) in [6.45, 7) is 6.54. The second kappa shape index (κ2) is 7.20. The fourth-order valence-corrected chi connectivity index (χ4v) is 3.47. The van der Waals surface area contributed by atoms with E-state index in [1.54, 1.807) is 0 Å². The molecular formula is C20H26N2O2. The van der Waals surface area contributed by atoms with Crippen molar-refractivity contribution in [1.29, 1.82) is 0 Å². The molecule has 2 aliphatic heterocycles. The van der Waals surface area contributed by atoms with Gasteiger partial charge in [-0.2, -0.15) is 0 Å². The summed E-state index contributed by atoms with van der Waals surface area (Å²) in [5, 5.41) is 0. The van der Waals surface area contributed by atoms with Crippen LogP contribution in [-0.4, -0.2) is 41.2 Å². The highest BCUT2D eigenvalue weighted by atomic mass is 16.2. The minimum absolute atomic E-state index is 0.109. The molecule has 24 heavy (non-hydrogen) atoms. The highest BCUT2D eigenvalue weighted by Gasteiger charge is 2.41. The highest BCUT2D eigenvalue weighted by molar-refractivity contribution is 6.35. The van der Waals surface area contributed by atoms with Gasteiger partial charge in [0.2, 0.25) is 0 Å². The number of rotatable bonds is 5. The molecule has 0 unspecified atom stereocenters. The van der Waals surface area contributed by atoms with Crippen LogP contribution in [0.3, 0.4) is 0 Å². The Hall–Kier alpha value is -2.10. The first-order chi connectivity index (χ1) is 11.6. The molecule has 4 nitrogen and oxygen atoms in total. The number of imide groups is 1. The van der Waals surface area contributed by atoms with Gasteiger partial charge in [0.1, 0.15) is 5.70 Å². The number of nitrogens with zero attached hydrogens (tertiary/aromatic N) is 2. The number of carbonyl (C=O) groups is 2. The summed E-state index contributed by atoms with van der Waals surface area (Å²) in [5.74, 6) is 0.445. The van der Waals surface area contributed by atoms with Gasteiger partial charge < -0.3 is 4.90 Å². The van der Waals surface area contributed by atoms with Crippen molar-refractivity contribution in [3.63, 3.8) is 0 Å². The molecule has 128 valence electrons. The van der Waals surface area contributed by atoms with E-state index in [1.807, 2.05) is 30.3 Å². The summed E-state index contributed by atoms with van der Waals surface area (Å²) in [6, 6.07) is 9.63. The van der Waals surface area contributed by atoms with Crippen LogP contribution < -0.4 is 0 Å². The minimum atomic E-state index is -0.131. The largest absolute Gasteiger partial charge is 0.366 e. The summed E-state index contributed by atoms with van der Waals surface area (Å²) in [5.41, 5.74) is 2.06. The van der Waals surface area contributed by atoms with Gasteiger partial charge in [0.15, 0.2) is 0 Å². The van der Waals surface area contributed by atoms with Crippen LogP contribution in [0.5, 0.6) is 0 Å². The molecule has 0 bridgehead atoms. The number of benzene rings is 1. The van der Waals surface area contributed by atoms with Gasteiger partial charge in [0.25, 0.3) is 11.8 Å². The number of unbranched alkanes of at least 4 members (excludes halogenated alkanes) is 1. The topological polar surface area (TPSA) is 40.6 Å². The Morgan fingerprint density at radius 3 is 2.33 bits per heavy atom. The Morgan fingerprint density at radius 1 is 1.04 bits per heavy atom. The zero-order chi connectivity index (χ0) is 17.1. The predicted octanol–water partition coefficient (Wildman–Crippen LogP) is 3.30. The van der Waals surface area contributed by atoms with Crippen LogP contribution >= 0.6 is 0 Å². The minimum Gasteiger partial charge on any atom is -0.366 e. The van der Waals surface area contributed by atoms with Crippen LogP contribution in [0, 0.1) is 5.92 Å². The lowest BCUT2D eigenvalue weighted by atomic mass is 9.97. The molecule has 0 radical (unpaired) electrons. The second-order valence-electron chi connectivity index (χ2n) is 6.87. The van der Waals surface area contributed by atoms with Gasteiger partial charge in [-0.3, -0.25) is 14.5 Å². The van der Waals surface area contributed by atoms with Crippen LogP contribution in [0.4, 0.5) is 0 Å². The maximum Gasteiger partial charge on any atom is 0.277 e. The number of piperidine rings is 1. The monoisotopic (exact) mass is 326 g/mol. The molecule has 1 aromatic rings. The van der Waals surface area contributed by atoms with Gasteiger partial charge in [0, 0.05) is 19.6 Å². The van der Waals surface area contributed by atoms with Gasteiger partial charge >= 0.3 is 0 Å². The van der Waals surface area contributed by atoms with E-state index in [1.165, 1.54) is 4.90 Å². The predicted molar refractivity (Wildman–Crippen MR) is 95.0 cm³/mol. The Labute approximate surface area is 144 Å². The number of hydrogen-bond acceptors (Lipinski definition) is 3. The SMILES string of the molecule is CCCCN1C(=O)C(c2ccccc2)=C(N2CCC(C)CC2)C1=O. The van der Waals surface area contributed by atoms with Gasteiger partial charge in [0.05, 0.1) is 5.57 Å². The van der Waals surface area contributed by atoms with E-state index in [9.17, 15) is 9.59 Å². The summed E-state index contributed by atoms with van der Waals surface area (Å²) < 4.78 is 0. The van der Waals surface area contributed by atoms with E-state index < -0.39 is 0 Å². The average Bonchev–Trinajstić information content (AvgIpc) is 2.85. The first kappa shape index (κ1) is 16.7. The normalized spacial score (nSPS) is 19.6. The summed E-state index contributed by atoms with van der Waals surface area (Å²) in [7, 11) is 0. The Morgan fingerprint density at radius 2 is 1.71 bits per heavy atom. The third-order valence-corrected chi connectivity index (χ3v) is 5.04. The molecule has 3 rings (SSSR count). The lowest BCUT2D eigenvalue weighted by molar-refractivity contribution is -0.137. The van der Waals surface area contributed by atoms with E-state index in [0.717, 1.165) is 44.3 Å². The van der Waals surface area contributed by atoms with Crippen LogP contribution in [0.15, 0.2) is 36.0 Å². The van der Waals surface area contributed by atoms with Crippen molar-refractivity contribution in [1.82, 2.24) is 9.80 Å². The van der Waals surface area contributed by atoms with Crippen molar-refractivity contribution < 1.29 is 9.59 Å². The molecule has 1 saturated heterocycles. The van der Waals surface area contributed by atoms with Crippen molar-refractivity contribution in [2.75, 3.05) is 19.6 Å². The van der Waals surface area contributed by atoms with Crippen molar-refractivity contribution in [2.24, 2.45) is 5.92 Å². The number of carbonyl (C=O) groups excluding carboxylic acids is 2. The van der Waals surface area contributed by atoms with Gasteiger partial charge in [-0.25, -0.2) is 0 Å². The first-order valence-corrected chi connectivity index (χ1v) is 9.04. The molecule has 1 aromatic carbocycles. The molecule has 4 heteroatoms. The lowest BCUT2D eigenvalue weighted by Crippen LogP contribution is -2.38. The Balaban J connectivity index is 1.98. The van der Waals surface area contributed by atoms with Crippen LogP contribution in [-0.2, 0) is 9.59 Å². The number of hydrogen-bond donors (Lipinski definition) is 0. The fourth-order valence-electron chi connectivity index (χ4n) is 3.47. The Kier molecular flexibility index (Phi) is 5.03. The van der Waals surface area contributed by atoms with E-state index in [2.05, 4.69) is 18.7 Å². The van der Waals surface area contributed by atoms with E-state index in [4.69, 9.17) is 0 Å². The van der Waals surface area contributed by atoms with Crippen LogP contribution in [0.25, 0.3) is 5.57 Å². The highest BCUT2D eigenvalue weighted by Crippen LogP contribution is 2.33. The quantitative estimate of drug-likeness (QED) is 0.780. The molecule has 0 atom stereocenters. The second-order valence-corrected chi connectivity index (χ2v) is 6.87. The summed E-state index contributed by atoms with van der Waals surface area (Å²) >= 11 is 0. The molecule has 0 saturated carbocycles. The summed E-state index contributed by atoms with van der Waals surface area (Å²) in [4.78, 5) is 29.5. The maximum absolute atomic E-state index is 13.0. The third kappa shape index (κ3) is 3.10. The van der Waals surface area contributed by atoms with E-state index >= 15 is 0 Å². The molecule has 1 fully saturated rings. The standard InChI is InChI=1S/C20H26N2O2/c1-3-4-12-22-19(23)17(16-8-6-5-7-9-16)18(20(22)24)21-13-10-15(2)11-14-21/h5-9,15H,3-4,10-14H2,1-2H3. The van der Waals surface area contributed by atoms with Crippen molar-refractivity contribution in [2.45, 2.75) is 39.5 Å². The zero-order valence-corrected chi connectivity index (χ0v) is 14.6. The number of likely N-dealkylation sites (tertiary alicyclic amines) is 1. The van der Waals surface area contributed by atoms with Crippen molar-refractivity contribution in [3.8, 4) is 0 Å². The molecule has 0 N–H and O–H groups in total. The maximum atomic E-state index is 13.0.